The van der Waals surface area contributed by atoms with Gasteiger partial charge in [0.1, 0.15) is 0 Å². The molecule has 0 spiro atoms. The minimum atomic E-state index is 0.781. The molecule has 0 radical (unpaired) electrons. The van der Waals surface area contributed by atoms with Crippen molar-refractivity contribution >= 4 is 11.8 Å². The summed E-state index contributed by atoms with van der Waals surface area (Å²) in [7, 11) is 0. The monoisotopic (exact) mass is 225 g/mol. The Hall–Kier alpha value is -0.480. The van der Waals surface area contributed by atoms with Crippen LogP contribution in [0.1, 0.15) is 19.3 Å². The fraction of sp³-hybridized carbons (Fsp3) is 0.727. The third kappa shape index (κ3) is 3.87. The number of hydrogen-bond acceptors (Lipinski definition) is 3. The Morgan fingerprint density at radius 1 is 1.47 bits per heavy atom. The van der Waals surface area contributed by atoms with E-state index in [9.17, 15) is 0 Å². The van der Waals surface area contributed by atoms with Crippen molar-refractivity contribution < 1.29 is 0 Å². The topological polar surface area (TPSA) is 29.9 Å². The van der Waals surface area contributed by atoms with E-state index in [1.54, 1.807) is 0 Å². The van der Waals surface area contributed by atoms with E-state index in [1.807, 2.05) is 18.7 Å². The Labute approximate surface area is 95.7 Å². The van der Waals surface area contributed by atoms with E-state index in [1.165, 1.54) is 37.3 Å². The van der Waals surface area contributed by atoms with Crippen molar-refractivity contribution in [2.24, 2.45) is 0 Å². The summed E-state index contributed by atoms with van der Waals surface area (Å²) in [4.78, 5) is 4.03. The van der Waals surface area contributed by atoms with Gasteiger partial charge in [0.15, 0.2) is 0 Å². The molecule has 0 aliphatic carbocycles. The fourth-order valence-corrected chi connectivity index (χ4v) is 3.03. The standard InChI is InChI=1S/C11H19N3S/c1(2-6-14-7-5-12-10-14)4-13-11-3-8-15-9-11/h5,7,10-11,13H,1-4,6,8-9H2. The highest BCUT2D eigenvalue weighted by molar-refractivity contribution is 7.99. The van der Waals surface area contributed by atoms with Gasteiger partial charge in [-0.05, 0) is 31.6 Å². The SMILES string of the molecule is c1cn(CCCCNC2CCSC2)cn1. The van der Waals surface area contributed by atoms with Crippen LogP contribution in [0.2, 0.25) is 0 Å². The van der Waals surface area contributed by atoms with Crippen molar-refractivity contribution in [1.29, 1.82) is 0 Å². The minimum Gasteiger partial charge on any atom is -0.337 e. The predicted molar refractivity (Wildman–Crippen MR) is 65.2 cm³/mol. The molecule has 1 aliphatic heterocycles. The van der Waals surface area contributed by atoms with Crippen LogP contribution in [0.5, 0.6) is 0 Å². The number of thioether (sulfide) groups is 1. The molecule has 3 nitrogen and oxygen atoms in total. The average Bonchev–Trinajstić information content (AvgIpc) is 2.88. The molecule has 15 heavy (non-hydrogen) atoms. The van der Waals surface area contributed by atoms with Crippen LogP contribution in [0.3, 0.4) is 0 Å². The van der Waals surface area contributed by atoms with Crippen LogP contribution in [-0.4, -0.2) is 33.6 Å². The van der Waals surface area contributed by atoms with E-state index in [-0.39, 0.29) is 0 Å². The van der Waals surface area contributed by atoms with Crippen LogP contribution in [0.25, 0.3) is 0 Å². The molecule has 1 saturated heterocycles. The number of rotatable bonds is 6. The average molecular weight is 225 g/mol. The Balaban J connectivity index is 1.48. The minimum absolute atomic E-state index is 0.781. The van der Waals surface area contributed by atoms with Gasteiger partial charge in [-0.2, -0.15) is 11.8 Å². The molecule has 4 heteroatoms. The molecule has 2 rings (SSSR count). The highest BCUT2D eigenvalue weighted by atomic mass is 32.2. The third-order valence-electron chi connectivity index (χ3n) is 2.76. The predicted octanol–water partition coefficient (Wildman–Crippen LogP) is 1.76. The van der Waals surface area contributed by atoms with Gasteiger partial charge in [0.2, 0.25) is 0 Å². The second-order valence-corrected chi connectivity index (χ2v) is 5.17. The first kappa shape index (κ1) is 11.0. The molecular formula is C11H19N3S. The van der Waals surface area contributed by atoms with E-state index >= 15 is 0 Å². The number of hydrogen-bond donors (Lipinski definition) is 1. The number of nitrogens with zero attached hydrogens (tertiary/aromatic N) is 2. The van der Waals surface area contributed by atoms with Crippen LogP contribution in [0, 0.1) is 0 Å². The van der Waals surface area contributed by atoms with Gasteiger partial charge in [-0.3, -0.25) is 0 Å². The van der Waals surface area contributed by atoms with Gasteiger partial charge in [0, 0.05) is 30.7 Å². The molecular weight excluding hydrogens is 206 g/mol. The molecule has 1 aromatic heterocycles. The molecule has 84 valence electrons. The number of nitrogens with one attached hydrogen (secondary N) is 1. The summed E-state index contributed by atoms with van der Waals surface area (Å²) in [5.41, 5.74) is 0. The number of aryl methyl sites for hydroxylation is 1. The van der Waals surface area contributed by atoms with Gasteiger partial charge >= 0.3 is 0 Å². The van der Waals surface area contributed by atoms with Crippen molar-refractivity contribution in [3.8, 4) is 0 Å². The first-order valence-electron chi connectivity index (χ1n) is 5.72. The number of imidazole rings is 1. The van der Waals surface area contributed by atoms with E-state index in [4.69, 9.17) is 0 Å². The lowest BCUT2D eigenvalue weighted by Gasteiger charge is -2.10. The lowest BCUT2D eigenvalue weighted by atomic mass is 10.2. The van der Waals surface area contributed by atoms with Gasteiger partial charge < -0.3 is 9.88 Å². The molecule has 0 aromatic carbocycles. The Kier molecular flexibility index (Phi) is 4.54. The zero-order chi connectivity index (χ0) is 10.3. The summed E-state index contributed by atoms with van der Waals surface area (Å²) in [5, 5.41) is 3.62. The van der Waals surface area contributed by atoms with Crippen LogP contribution in [0.4, 0.5) is 0 Å². The second kappa shape index (κ2) is 6.18. The van der Waals surface area contributed by atoms with Crippen LogP contribution < -0.4 is 5.32 Å². The van der Waals surface area contributed by atoms with Crippen molar-refractivity contribution in [2.45, 2.75) is 31.8 Å². The van der Waals surface area contributed by atoms with Crippen LogP contribution in [-0.2, 0) is 6.54 Å². The highest BCUT2D eigenvalue weighted by Gasteiger charge is 2.13. The zero-order valence-electron chi connectivity index (χ0n) is 9.06. The summed E-state index contributed by atoms with van der Waals surface area (Å²) in [6.45, 7) is 2.26. The van der Waals surface area contributed by atoms with Crippen LogP contribution in [0.15, 0.2) is 18.7 Å². The number of unbranched alkanes of at least 4 members (excludes halogenated alkanes) is 1. The third-order valence-corrected chi connectivity index (χ3v) is 3.93. The molecule has 1 aliphatic rings. The van der Waals surface area contributed by atoms with Crippen LogP contribution >= 0.6 is 11.8 Å². The lowest BCUT2D eigenvalue weighted by molar-refractivity contribution is 0.516. The normalized spacial score (nSPS) is 20.9. The van der Waals surface area contributed by atoms with Gasteiger partial charge in [-0.15, -0.1) is 0 Å². The summed E-state index contributed by atoms with van der Waals surface area (Å²) in [6.07, 6.45) is 9.62. The van der Waals surface area contributed by atoms with E-state index < -0.39 is 0 Å². The van der Waals surface area contributed by atoms with Crippen molar-refractivity contribution in [1.82, 2.24) is 14.9 Å². The molecule has 1 fully saturated rings. The Morgan fingerprint density at radius 2 is 2.47 bits per heavy atom. The fourth-order valence-electron chi connectivity index (χ4n) is 1.84. The van der Waals surface area contributed by atoms with Gasteiger partial charge in [0.05, 0.1) is 6.33 Å². The first-order valence-corrected chi connectivity index (χ1v) is 6.87. The summed E-state index contributed by atoms with van der Waals surface area (Å²) in [6, 6.07) is 0.781. The molecule has 2 heterocycles. The van der Waals surface area contributed by atoms with E-state index in [0.717, 1.165) is 12.6 Å². The van der Waals surface area contributed by atoms with E-state index in [0.29, 0.717) is 0 Å². The summed E-state index contributed by atoms with van der Waals surface area (Å²) in [5.74, 6) is 2.65. The summed E-state index contributed by atoms with van der Waals surface area (Å²) >= 11 is 2.07. The first-order chi connectivity index (χ1) is 7.45. The van der Waals surface area contributed by atoms with Crippen molar-refractivity contribution in [3.05, 3.63) is 18.7 Å². The number of aromatic nitrogens is 2. The quantitative estimate of drug-likeness (QED) is 0.748. The largest absolute Gasteiger partial charge is 0.337 e. The Morgan fingerprint density at radius 3 is 3.20 bits per heavy atom. The molecule has 1 atom stereocenters. The maximum absolute atomic E-state index is 4.03. The molecule has 0 amide bonds. The Bertz CT molecular complexity index is 255. The van der Waals surface area contributed by atoms with Gasteiger partial charge in [-0.25, -0.2) is 4.98 Å². The van der Waals surface area contributed by atoms with Gasteiger partial charge in [0.25, 0.3) is 0 Å². The molecule has 1 unspecified atom stereocenters. The molecule has 0 bridgehead atoms. The maximum atomic E-state index is 4.03. The van der Waals surface area contributed by atoms with Crippen molar-refractivity contribution in [3.63, 3.8) is 0 Å². The zero-order valence-corrected chi connectivity index (χ0v) is 9.88. The maximum Gasteiger partial charge on any atom is 0.0945 e. The van der Waals surface area contributed by atoms with Crippen molar-refractivity contribution in [2.75, 3.05) is 18.1 Å². The summed E-state index contributed by atoms with van der Waals surface area (Å²) < 4.78 is 2.14. The molecule has 1 aromatic rings. The lowest BCUT2D eigenvalue weighted by Crippen LogP contribution is -2.29. The van der Waals surface area contributed by atoms with E-state index in [2.05, 4.69) is 26.6 Å². The molecule has 0 saturated carbocycles. The highest BCUT2D eigenvalue weighted by Crippen LogP contribution is 2.16. The second-order valence-electron chi connectivity index (χ2n) is 4.02. The smallest absolute Gasteiger partial charge is 0.0945 e. The molecule has 1 N–H and O–H groups in total. The van der Waals surface area contributed by atoms with Gasteiger partial charge in [-0.1, -0.05) is 0 Å².